The highest BCUT2D eigenvalue weighted by molar-refractivity contribution is 7.51. The highest BCUT2D eigenvalue weighted by atomic mass is 31.2. The van der Waals surface area contributed by atoms with E-state index in [1.165, 1.54) is 0 Å². The summed E-state index contributed by atoms with van der Waals surface area (Å²) >= 11 is 0. The average molecular weight is 1190 g/mol. The van der Waals surface area contributed by atoms with E-state index in [0.717, 1.165) is 0 Å². The number of benzene rings is 4. The fraction of sp³-hybridized carbons (Fsp3) is 0.170. The Bertz CT molecular complexity index is 3960. The molecule has 0 saturated heterocycles. The van der Waals surface area contributed by atoms with E-state index in [-0.39, 0.29) is 13.0 Å². The first-order valence-corrected chi connectivity index (χ1v) is 25.2. The number of rotatable bonds is 14. The van der Waals surface area contributed by atoms with Crippen molar-refractivity contribution in [3.05, 3.63) is 158 Å². The van der Waals surface area contributed by atoms with Gasteiger partial charge in [0.05, 0.1) is 57.2 Å². The topological polar surface area (TPSA) is 117 Å². The first kappa shape index (κ1) is 58.7. The van der Waals surface area contributed by atoms with Crippen LogP contribution in [0.5, 0.6) is 0 Å². The van der Waals surface area contributed by atoms with Gasteiger partial charge in [-0.3, -0.25) is 9.05 Å². The minimum Gasteiger partial charge on any atom is -0.380 e. The second-order valence-corrected chi connectivity index (χ2v) is 20.1. The van der Waals surface area contributed by atoms with Crippen molar-refractivity contribution >= 4 is 59.8 Å². The number of aromatic nitrogens is 4. The predicted molar refractivity (Wildman–Crippen MR) is 261 cm³/mol. The van der Waals surface area contributed by atoms with Gasteiger partial charge in [-0.05, 0) is 82.7 Å². The Morgan fingerprint density at radius 1 is 0.378 bits per heavy atom. The van der Waals surface area contributed by atoms with E-state index in [4.69, 9.17) is 9.05 Å². The van der Waals surface area contributed by atoms with Gasteiger partial charge in [0.25, 0.3) is 0 Å². The standard InChI is InChI=1S/C53H32F19N6O3P/c1-16(2)80-82(79,81-17(3)4)74-15-5-14-73-53-51(71)40(60)33(41(61)52(53)72)29-24-12-10-22(77-24)27(31-36(56)44(64)49(69)45(65)37(31)57)20-8-6-18(75-20)26(30-34(54)42(62)48(68)43(63)35(30)55)19-7-9-21(76-19)28(23-11-13-25(29)78-23)32-38(58)46(66)50(70)47(67)39(32)59/h6-13,16-17,73,75,78H,5,14-15H2,1-4H3,(H,74,79). The first-order chi connectivity index (χ1) is 38.6. The molecule has 0 atom stereocenters. The second kappa shape index (κ2) is 22.1. The molecule has 430 valence electrons. The number of nitrogens with zero attached hydrogens (tertiary/aromatic N) is 2. The Labute approximate surface area is 447 Å². The van der Waals surface area contributed by atoms with Crippen molar-refractivity contribution < 1.29 is 97.0 Å². The smallest absolute Gasteiger partial charge is 0.380 e. The summed E-state index contributed by atoms with van der Waals surface area (Å²) in [6.45, 7) is 5.41. The van der Waals surface area contributed by atoms with Gasteiger partial charge in [-0.15, -0.1) is 0 Å². The minimum atomic E-state index is -3.97. The molecule has 3 aromatic heterocycles. The third-order valence-electron chi connectivity index (χ3n) is 12.3. The molecule has 2 aliphatic heterocycles. The molecule has 9 rings (SSSR count). The fourth-order valence-corrected chi connectivity index (χ4v) is 10.7. The Kier molecular flexibility index (Phi) is 15.8. The molecule has 8 bridgehead atoms. The van der Waals surface area contributed by atoms with E-state index in [2.05, 4.69) is 30.3 Å². The molecule has 0 fully saturated rings. The number of nitrogens with one attached hydrogen (secondary N) is 4. The maximum Gasteiger partial charge on any atom is 0.406 e. The van der Waals surface area contributed by atoms with E-state index in [1.54, 1.807) is 27.7 Å². The van der Waals surface area contributed by atoms with Crippen LogP contribution in [0, 0.1) is 111 Å². The molecular weight excluding hydrogens is 1160 g/mol. The van der Waals surface area contributed by atoms with Gasteiger partial charge in [-0.1, -0.05) is 0 Å². The molecule has 2 aliphatic rings. The van der Waals surface area contributed by atoms with Crippen molar-refractivity contribution in [1.29, 1.82) is 0 Å². The zero-order chi connectivity index (χ0) is 59.9. The van der Waals surface area contributed by atoms with Gasteiger partial charge in [0.15, 0.2) is 93.1 Å². The maximum atomic E-state index is 16.9. The van der Waals surface area contributed by atoms with Crippen LogP contribution in [-0.4, -0.2) is 45.2 Å². The lowest BCUT2D eigenvalue weighted by Gasteiger charge is -2.23. The predicted octanol–water partition coefficient (Wildman–Crippen LogP) is 16.3. The van der Waals surface area contributed by atoms with E-state index in [0.29, 0.717) is 48.6 Å². The van der Waals surface area contributed by atoms with Crippen molar-refractivity contribution in [2.45, 2.75) is 46.3 Å². The van der Waals surface area contributed by atoms with Crippen molar-refractivity contribution in [2.75, 3.05) is 18.4 Å². The number of aromatic amines is 2. The van der Waals surface area contributed by atoms with Crippen LogP contribution in [0.3, 0.4) is 0 Å². The van der Waals surface area contributed by atoms with Gasteiger partial charge in [0.1, 0.15) is 5.69 Å². The second-order valence-electron chi connectivity index (χ2n) is 18.3. The quantitative estimate of drug-likeness (QED) is 0.0282. The van der Waals surface area contributed by atoms with Crippen LogP contribution in [0.4, 0.5) is 89.1 Å². The van der Waals surface area contributed by atoms with Crippen LogP contribution >= 0.6 is 7.75 Å². The van der Waals surface area contributed by atoms with Gasteiger partial charge in [0, 0.05) is 57.4 Å². The van der Waals surface area contributed by atoms with Crippen LogP contribution in [0.1, 0.15) is 56.9 Å². The van der Waals surface area contributed by atoms with Crippen molar-refractivity contribution in [2.24, 2.45) is 0 Å². The zero-order valence-electron chi connectivity index (χ0n) is 41.6. The molecule has 0 spiro atoms. The van der Waals surface area contributed by atoms with Crippen molar-refractivity contribution in [3.63, 3.8) is 0 Å². The average Bonchev–Trinajstić information content (AvgIpc) is 4.46. The molecule has 4 aromatic carbocycles. The van der Waals surface area contributed by atoms with E-state index < -0.39 is 232 Å². The summed E-state index contributed by atoms with van der Waals surface area (Å²) < 4.78 is 321. The number of fused-ring (bicyclic) bond motifs is 8. The third-order valence-corrected chi connectivity index (χ3v) is 14.3. The largest absolute Gasteiger partial charge is 0.406 e. The highest BCUT2D eigenvalue weighted by Gasteiger charge is 2.36. The Hall–Kier alpha value is -7.94. The third kappa shape index (κ3) is 9.97. The van der Waals surface area contributed by atoms with Crippen LogP contribution in [0.15, 0.2) is 24.3 Å². The molecule has 29 heteroatoms. The summed E-state index contributed by atoms with van der Waals surface area (Å²) in [5.74, 6) is -48.3. The molecule has 0 saturated carbocycles. The molecule has 0 amide bonds. The number of anilines is 1. The maximum absolute atomic E-state index is 16.9. The summed E-state index contributed by atoms with van der Waals surface area (Å²) in [5.41, 5.74) is -21.4. The fourth-order valence-electron chi connectivity index (χ4n) is 8.91. The lowest BCUT2D eigenvalue weighted by atomic mass is 10.0. The number of hydrogen-bond donors (Lipinski definition) is 4. The molecule has 9 nitrogen and oxygen atoms in total. The normalized spacial score (nSPS) is 12.5. The number of hydrogen-bond acceptors (Lipinski definition) is 6. The molecule has 0 radical (unpaired) electrons. The van der Waals surface area contributed by atoms with Gasteiger partial charge in [-0.2, -0.15) is 0 Å². The highest BCUT2D eigenvalue weighted by Crippen LogP contribution is 2.47. The summed E-state index contributed by atoms with van der Waals surface area (Å²) in [6, 6.07) is 2.68. The minimum absolute atomic E-state index is 0.193. The molecule has 4 N–H and O–H groups in total. The summed E-state index contributed by atoms with van der Waals surface area (Å²) in [7, 11) is -3.97. The molecule has 7 aromatic rings. The van der Waals surface area contributed by atoms with E-state index in [9.17, 15) is 17.7 Å². The first-order valence-electron chi connectivity index (χ1n) is 23.6. The van der Waals surface area contributed by atoms with Crippen LogP contribution in [0.25, 0.3) is 90.9 Å². The molecular formula is C53H32F19N6O3P. The summed E-state index contributed by atoms with van der Waals surface area (Å²) in [6.07, 6.45) is 1.15. The van der Waals surface area contributed by atoms with E-state index >= 15 is 70.2 Å². The van der Waals surface area contributed by atoms with Crippen LogP contribution < -0.4 is 10.4 Å². The Morgan fingerprint density at radius 2 is 0.622 bits per heavy atom. The molecule has 82 heavy (non-hydrogen) atoms. The molecule has 5 heterocycles. The summed E-state index contributed by atoms with van der Waals surface area (Å²) in [4.78, 5) is 12.7. The monoisotopic (exact) mass is 1190 g/mol. The van der Waals surface area contributed by atoms with Gasteiger partial charge in [0.2, 0.25) is 17.5 Å². The Balaban J connectivity index is 1.40. The lowest BCUT2D eigenvalue weighted by molar-refractivity contribution is 0.135. The van der Waals surface area contributed by atoms with Gasteiger partial charge >= 0.3 is 7.75 Å². The van der Waals surface area contributed by atoms with Gasteiger partial charge < -0.3 is 15.3 Å². The number of halogens is 19. The van der Waals surface area contributed by atoms with Crippen LogP contribution in [0.2, 0.25) is 0 Å². The van der Waals surface area contributed by atoms with Crippen LogP contribution in [-0.2, 0) is 13.6 Å². The molecule has 0 aliphatic carbocycles. The number of H-pyrrole nitrogens is 2. The lowest BCUT2D eigenvalue weighted by Crippen LogP contribution is -2.22. The van der Waals surface area contributed by atoms with Gasteiger partial charge in [-0.25, -0.2) is 103 Å². The summed E-state index contributed by atoms with van der Waals surface area (Å²) in [5, 5.41) is 4.68. The Morgan fingerprint density at radius 3 is 0.878 bits per heavy atom. The zero-order valence-corrected chi connectivity index (χ0v) is 42.5. The van der Waals surface area contributed by atoms with E-state index in [1.807, 2.05) is 0 Å². The molecule has 0 unspecified atom stereocenters. The van der Waals surface area contributed by atoms with Crippen molar-refractivity contribution in [1.82, 2.24) is 25.0 Å². The SMILES string of the molecule is CC(C)OP(=O)(NCCCNc1c(F)c(F)c(-c2c3nc(c(-c4c(F)c(F)c(F)c(F)c4F)c4ccc([nH]4)c(-c4c(F)c(F)c(F)c(F)c4F)c4nc(c(-c5c(F)c(F)c(F)c(F)c5F)c5ccc2[nH]5)C=C4)C=C3)c(F)c1F)OC(C)C. The van der Waals surface area contributed by atoms with Crippen molar-refractivity contribution in [3.8, 4) is 44.5 Å².